The summed E-state index contributed by atoms with van der Waals surface area (Å²) in [5.41, 5.74) is -0.503. The van der Waals surface area contributed by atoms with E-state index in [1.54, 1.807) is 13.8 Å². The fourth-order valence-electron chi connectivity index (χ4n) is 2.57. The number of urea groups is 1. The molecule has 0 aromatic heterocycles. The number of rotatable bonds is 6. The van der Waals surface area contributed by atoms with E-state index in [4.69, 9.17) is 9.47 Å². The van der Waals surface area contributed by atoms with E-state index >= 15 is 0 Å². The monoisotopic (exact) mass is 412 g/mol. The van der Waals surface area contributed by atoms with E-state index < -0.39 is 42.4 Å². The van der Waals surface area contributed by atoms with Gasteiger partial charge in [0.05, 0.1) is 29.5 Å². The first-order chi connectivity index (χ1) is 13.6. The Morgan fingerprint density at radius 3 is 2.62 bits per heavy atom. The lowest BCUT2D eigenvalue weighted by molar-refractivity contribution is -0.140. The van der Waals surface area contributed by atoms with Gasteiger partial charge in [0.15, 0.2) is 0 Å². The third kappa shape index (κ3) is 6.09. The number of halogens is 3. The van der Waals surface area contributed by atoms with Gasteiger partial charge < -0.3 is 20.1 Å². The Labute approximate surface area is 164 Å². The molecule has 2 N–H and O–H groups in total. The smallest absolute Gasteiger partial charge is 0.416 e. The molecule has 29 heavy (non-hydrogen) atoms. The zero-order valence-electron chi connectivity index (χ0n) is 15.6. The molecule has 0 spiro atoms. The molecule has 1 heterocycles. The van der Waals surface area contributed by atoms with Crippen molar-refractivity contribution >= 4 is 24.0 Å². The zero-order valence-corrected chi connectivity index (χ0v) is 15.6. The highest BCUT2D eigenvalue weighted by Gasteiger charge is 2.31. The van der Waals surface area contributed by atoms with Crippen LogP contribution in [0.4, 0.5) is 18.0 Å². The number of hydrogen-bond acceptors (Lipinski definition) is 5. The lowest BCUT2D eigenvalue weighted by atomic mass is 10.0. The van der Waals surface area contributed by atoms with Crippen LogP contribution in [0.25, 0.3) is 6.08 Å². The highest BCUT2D eigenvalue weighted by atomic mass is 19.4. The molecule has 0 bridgehead atoms. The number of alkyl halides is 3. The molecule has 2 amide bonds. The van der Waals surface area contributed by atoms with Gasteiger partial charge in [-0.25, -0.2) is 14.4 Å². The minimum Gasteiger partial charge on any atom is -0.463 e. The third-order valence-corrected chi connectivity index (χ3v) is 3.85. The summed E-state index contributed by atoms with van der Waals surface area (Å²) in [4.78, 5) is 35.6. The summed E-state index contributed by atoms with van der Waals surface area (Å²) >= 11 is 0. The van der Waals surface area contributed by atoms with Crippen LogP contribution in [-0.4, -0.2) is 37.2 Å². The molecule has 0 saturated carbocycles. The van der Waals surface area contributed by atoms with Gasteiger partial charge in [0, 0.05) is 6.08 Å². The van der Waals surface area contributed by atoms with Gasteiger partial charge in [-0.15, -0.1) is 0 Å². The molecule has 7 nitrogen and oxygen atoms in total. The van der Waals surface area contributed by atoms with Crippen LogP contribution in [0.3, 0.4) is 0 Å². The van der Waals surface area contributed by atoms with E-state index in [9.17, 15) is 27.6 Å². The molecule has 10 heteroatoms. The SMILES string of the molecule is CCOC(=O)C1=C(COC(=O)/C=C/c2cccc(C(F)(F)F)c2)NC(=O)N[C@H]1C. The van der Waals surface area contributed by atoms with Gasteiger partial charge in [-0.1, -0.05) is 12.1 Å². The zero-order chi connectivity index (χ0) is 21.6. The Bertz CT molecular complexity index is 862. The van der Waals surface area contributed by atoms with Gasteiger partial charge in [-0.3, -0.25) is 0 Å². The first kappa shape index (κ1) is 22.0. The topological polar surface area (TPSA) is 93.7 Å². The molecule has 1 aromatic rings. The first-order valence-electron chi connectivity index (χ1n) is 8.61. The molecule has 0 unspecified atom stereocenters. The van der Waals surface area contributed by atoms with E-state index in [2.05, 4.69) is 10.6 Å². The fourth-order valence-corrected chi connectivity index (χ4v) is 2.57. The van der Waals surface area contributed by atoms with E-state index in [0.717, 1.165) is 18.2 Å². The number of carbonyl (C=O) groups is 3. The van der Waals surface area contributed by atoms with Gasteiger partial charge in [-0.2, -0.15) is 13.2 Å². The van der Waals surface area contributed by atoms with Crippen molar-refractivity contribution in [2.45, 2.75) is 26.1 Å². The summed E-state index contributed by atoms with van der Waals surface area (Å²) in [5, 5.41) is 4.89. The Kier molecular flexibility index (Phi) is 7.03. The summed E-state index contributed by atoms with van der Waals surface area (Å²) in [6.07, 6.45) is -2.38. The summed E-state index contributed by atoms with van der Waals surface area (Å²) < 4.78 is 48.1. The first-order valence-corrected chi connectivity index (χ1v) is 8.61. The molecule has 1 aliphatic rings. The van der Waals surface area contributed by atoms with Crippen molar-refractivity contribution in [1.29, 1.82) is 0 Å². The number of ether oxygens (including phenoxy) is 2. The Balaban J connectivity index is 2.08. The van der Waals surface area contributed by atoms with E-state index in [1.165, 1.54) is 18.2 Å². The molecular formula is C19H19F3N2O5. The molecule has 156 valence electrons. The maximum atomic E-state index is 12.7. The van der Waals surface area contributed by atoms with Crippen molar-refractivity contribution in [2.24, 2.45) is 0 Å². The van der Waals surface area contributed by atoms with Crippen molar-refractivity contribution in [3.63, 3.8) is 0 Å². The molecule has 1 aliphatic heterocycles. The van der Waals surface area contributed by atoms with Crippen LogP contribution < -0.4 is 10.6 Å². The Hall–Kier alpha value is -3.30. The second kappa shape index (κ2) is 9.26. The largest absolute Gasteiger partial charge is 0.463 e. The molecule has 0 aliphatic carbocycles. The van der Waals surface area contributed by atoms with Gasteiger partial charge in [0.25, 0.3) is 0 Å². The van der Waals surface area contributed by atoms with Gasteiger partial charge in [-0.05, 0) is 37.6 Å². The summed E-state index contributed by atoms with van der Waals surface area (Å²) in [6.45, 7) is 2.89. The lowest BCUT2D eigenvalue weighted by Crippen LogP contribution is -2.50. The van der Waals surface area contributed by atoms with Crippen LogP contribution in [0, 0.1) is 0 Å². The fraction of sp³-hybridized carbons (Fsp3) is 0.316. The average molecular weight is 412 g/mol. The maximum Gasteiger partial charge on any atom is 0.416 e. The third-order valence-electron chi connectivity index (χ3n) is 3.85. The average Bonchev–Trinajstić information content (AvgIpc) is 2.64. The van der Waals surface area contributed by atoms with Crippen LogP contribution in [0.2, 0.25) is 0 Å². The summed E-state index contributed by atoms with van der Waals surface area (Å²) in [5.74, 6) is -1.53. The summed E-state index contributed by atoms with van der Waals surface area (Å²) in [7, 11) is 0. The van der Waals surface area contributed by atoms with Crippen molar-refractivity contribution in [3.8, 4) is 0 Å². The van der Waals surface area contributed by atoms with Crippen molar-refractivity contribution in [1.82, 2.24) is 10.6 Å². The van der Waals surface area contributed by atoms with Crippen LogP contribution in [0.1, 0.15) is 25.0 Å². The van der Waals surface area contributed by atoms with E-state index in [1.807, 2.05) is 0 Å². The number of hydrogen-bond donors (Lipinski definition) is 2. The maximum absolute atomic E-state index is 12.7. The van der Waals surface area contributed by atoms with Crippen molar-refractivity contribution in [3.05, 3.63) is 52.7 Å². The van der Waals surface area contributed by atoms with Gasteiger partial charge in [0.1, 0.15) is 6.61 Å². The second-order valence-electron chi connectivity index (χ2n) is 6.00. The molecule has 1 aromatic carbocycles. The molecule has 0 radical (unpaired) electrons. The number of nitrogens with one attached hydrogen (secondary N) is 2. The van der Waals surface area contributed by atoms with E-state index in [0.29, 0.717) is 0 Å². The van der Waals surface area contributed by atoms with E-state index in [-0.39, 0.29) is 23.4 Å². The lowest BCUT2D eigenvalue weighted by Gasteiger charge is -2.26. The minimum absolute atomic E-state index is 0.0699. The van der Waals surface area contributed by atoms with Crippen molar-refractivity contribution in [2.75, 3.05) is 13.2 Å². The second-order valence-corrected chi connectivity index (χ2v) is 6.00. The predicted molar refractivity (Wildman–Crippen MR) is 96.2 cm³/mol. The highest BCUT2D eigenvalue weighted by molar-refractivity contribution is 5.95. The molecule has 2 rings (SSSR count). The molecular weight excluding hydrogens is 393 g/mol. The quantitative estimate of drug-likeness (QED) is 0.554. The van der Waals surface area contributed by atoms with Crippen LogP contribution in [-0.2, 0) is 25.2 Å². The van der Waals surface area contributed by atoms with Crippen LogP contribution in [0.15, 0.2) is 41.6 Å². The number of benzene rings is 1. The molecule has 0 saturated heterocycles. The van der Waals surface area contributed by atoms with Gasteiger partial charge >= 0.3 is 24.1 Å². The Morgan fingerprint density at radius 1 is 1.24 bits per heavy atom. The molecule has 1 atom stereocenters. The standard InChI is InChI=1S/C19H19F3N2O5/c1-3-28-17(26)16-11(2)23-18(27)24-14(16)10-29-15(25)8-7-12-5-4-6-13(9-12)19(20,21)22/h4-9,11H,3,10H2,1-2H3,(H2,23,24,27)/b8-7+/t11-/m0/s1. The number of esters is 2. The minimum atomic E-state index is -4.50. The van der Waals surface area contributed by atoms with Crippen LogP contribution >= 0.6 is 0 Å². The van der Waals surface area contributed by atoms with Crippen LogP contribution in [0.5, 0.6) is 0 Å². The number of carbonyl (C=O) groups excluding carboxylic acids is 3. The number of amides is 2. The van der Waals surface area contributed by atoms with Crippen molar-refractivity contribution < 1.29 is 37.0 Å². The Morgan fingerprint density at radius 2 is 1.97 bits per heavy atom. The highest BCUT2D eigenvalue weighted by Crippen LogP contribution is 2.29. The molecule has 0 fully saturated rings. The normalized spacial score (nSPS) is 17.0. The van der Waals surface area contributed by atoms with Gasteiger partial charge in [0.2, 0.25) is 0 Å². The predicted octanol–water partition coefficient (Wildman–Crippen LogP) is 2.78. The summed E-state index contributed by atoms with van der Waals surface area (Å²) in [6, 6.07) is 3.19.